The van der Waals surface area contributed by atoms with Crippen LogP contribution in [0.3, 0.4) is 0 Å². The van der Waals surface area contributed by atoms with Gasteiger partial charge in [0.25, 0.3) is 0 Å². The van der Waals surface area contributed by atoms with Crippen molar-refractivity contribution in [3.63, 3.8) is 0 Å². The van der Waals surface area contributed by atoms with E-state index in [-0.39, 0.29) is 5.38 Å². The Kier molecular flexibility index (Phi) is 22.0. The highest BCUT2D eigenvalue weighted by atomic mass is 35.5. The molecule has 1 atom stereocenters. The fourth-order valence-electron chi connectivity index (χ4n) is 1.45. The molecular formula is C16H30Cl2. The van der Waals surface area contributed by atoms with Crippen LogP contribution in [-0.2, 0) is 0 Å². The van der Waals surface area contributed by atoms with Gasteiger partial charge in [-0.05, 0) is 26.2 Å². The van der Waals surface area contributed by atoms with Crippen LogP contribution >= 0.6 is 23.2 Å². The van der Waals surface area contributed by atoms with E-state index in [1.165, 1.54) is 38.5 Å². The summed E-state index contributed by atoms with van der Waals surface area (Å²) in [7, 11) is 0. The van der Waals surface area contributed by atoms with Crippen LogP contribution in [0, 0.1) is 0 Å². The maximum atomic E-state index is 5.79. The van der Waals surface area contributed by atoms with Gasteiger partial charge < -0.3 is 0 Å². The summed E-state index contributed by atoms with van der Waals surface area (Å²) in [5, 5.41) is 0.255. The largest absolute Gasteiger partial charge is 0.122 e. The second-order valence-electron chi connectivity index (χ2n) is 4.31. The number of rotatable bonds is 9. The molecule has 0 bridgehead atoms. The van der Waals surface area contributed by atoms with Gasteiger partial charge in [-0.25, -0.2) is 0 Å². The molecule has 0 saturated heterocycles. The quantitative estimate of drug-likeness (QED) is 0.251. The van der Waals surface area contributed by atoms with Crippen LogP contribution in [0.2, 0.25) is 0 Å². The minimum Gasteiger partial charge on any atom is -0.122 e. The molecular weight excluding hydrogens is 263 g/mol. The molecule has 0 N–H and O–H groups in total. The summed E-state index contributed by atoms with van der Waals surface area (Å²) in [6.45, 7) is 6.36. The third-order valence-electron chi connectivity index (χ3n) is 2.45. The summed E-state index contributed by atoms with van der Waals surface area (Å²) in [6.07, 6.45) is 17.0. The van der Waals surface area contributed by atoms with Crippen molar-refractivity contribution < 1.29 is 0 Å². The number of hydrogen-bond donors (Lipinski definition) is 0. The molecule has 0 aliphatic heterocycles. The molecule has 18 heavy (non-hydrogen) atoms. The third-order valence-corrected chi connectivity index (χ3v) is 2.99. The minimum absolute atomic E-state index is 0.255. The Labute approximate surface area is 124 Å². The smallest absolute Gasteiger partial charge is 0.0515 e. The molecule has 0 heterocycles. The van der Waals surface area contributed by atoms with E-state index in [2.05, 4.69) is 19.9 Å². The zero-order valence-corrected chi connectivity index (χ0v) is 13.8. The number of hydrogen-bond acceptors (Lipinski definition) is 0. The molecule has 0 radical (unpaired) electrons. The Balaban J connectivity index is 0. The summed E-state index contributed by atoms with van der Waals surface area (Å²) < 4.78 is 0. The van der Waals surface area contributed by atoms with Crippen molar-refractivity contribution in [2.45, 2.75) is 71.1 Å². The van der Waals surface area contributed by atoms with Gasteiger partial charge in [-0.1, -0.05) is 63.8 Å². The van der Waals surface area contributed by atoms with Crippen LogP contribution in [0.15, 0.2) is 24.3 Å². The summed E-state index contributed by atoms with van der Waals surface area (Å²) >= 11 is 11.2. The van der Waals surface area contributed by atoms with Crippen molar-refractivity contribution in [2.24, 2.45) is 0 Å². The van der Waals surface area contributed by atoms with E-state index in [9.17, 15) is 0 Å². The lowest BCUT2D eigenvalue weighted by Gasteiger charge is -1.97. The molecule has 2 heteroatoms. The summed E-state index contributed by atoms with van der Waals surface area (Å²) in [6, 6.07) is 0. The maximum Gasteiger partial charge on any atom is 0.0515 e. The average Bonchev–Trinajstić information content (AvgIpc) is 2.35. The van der Waals surface area contributed by atoms with Gasteiger partial charge in [0.15, 0.2) is 0 Å². The lowest BCUT2D eigenvalue weighted by molar-refractivity contribution is 0.674. The van der Waals surface area contributed by atoms with Gasteiger partial charge in [0.2, 0.25) is 0 Å². The third kappa shape index (κ3) is 21.4. The molecule has 0 saturated carbocycles. The predicted octanol–water partition coefficient (Wildman–Crippen LogP) is 6.72. The second kappa shape index (κ2) is 19.4. The molecule has 0 aliphatic rings. The van der Waals surface area contributed by atoms with Crippen molar-refractivity contribution >= 4 is 23.2 Å². The van der Waals surface area contributed by atoms with E-state index in [1.54, 1.807) is 0 Å². The molecule has 1 unspecified atom stereocenters. The molecule has 0 aromatic carbocycles. The van der Waals surface area contributed by atoms with Gasteiger partial charge in [0.05, 0.1) is 5.38 Å². The molecule has 0 aromatic heterocycles. The topological polar surface area (TPSA) is 0 Å². The van der Waals surface area contributed by atoms with Crippen molar-refractivity contribution in [1.82, 2.24) is 0 Å². The Morgan fingerprint density at radius 1 is 1.00 bits per heavy atom. The molecule has 0 amide bonds. The highest BCUT2D eigenvalue weighted by Crippen LogP contribution is 2.05. The Bertz CT molecular complexity index is 186. The summed E-state index contributed by atoms with van der Waals surface area (Å²) in [4.78, 5) is 0. The Morgan fingerprint density at radius 2 is 1.72 bits per heavy atom. The molecule has 0 aromatic rings. The Morgan fingerprint density at radius 3 is 2.22 bits per heavy atom. The van der Waals surface area contributed by atoms with Gasteiger partial charge in [-0.3, -0.25) is 0 Å². The monoisotopic (exact) mass is 292 g/mol. The number of halogens is 2. The van der Waals surface area contributed by atoms with E-state index in [4.69, 9.17) is 23.2 Å². The lowest BCUT2D eigenvalue weighted by Crippen LogP contribution is -1.89. The van der Waals surface area contributed by atoms with Crippen LogP contribution in [0.1, 0.15) is 65.7 Å². The number of allylic oxidation sites excluding steroid dienone is 4. The van der Waals surface area contributed by atoms with Crippen LogP contribution in [0.25, 0.3) is 0 Å². The fraction of sp³-hybridized carbons (Fsp3) is 0.750. The van der Waals surface area contributed by atoms with Crippen molar-refractivity contribution in [3.8, 4) is 0 Å². The van der Waals surface area contributed by atoms with Crippen molar-refractivity contribution in [1.29, 1.82) is 0 Å². The Hall–Kier alpha value is 0.0600. The SMILES string of the molecule is CC=CC(Cl)CCC.CCCCCC/C=C/CCl. The van der Waals surface area contributed by atoms with Gasteiger partial charge in [0.1, 0.15) is 0 Å². The van der Waals surface area contributed by atoms with Gasteiger partial charge in [0, 0.05) is 5.88 Å². The van der Waals surface area contributed by atoms with Gasteiger partial charge in [-0.2, -0.15) is 0 Å². The zero-order chi connectivity index (χ0) is 14.1. The lowest BCUT2D eigenvalue weighted by atomic mass is 10.1. The minimum atomic E-state index is 0.255. The first-order valence-corrected chi connectivity index (χ1v) is 8.17. The molecule has 0 spiro atoms. The normalized spacial score (nSPS) is 12.7. The predicted molar refractivity (Wildman–Crippen MR) is 88.0 cm³/mol. The number of unbranched alkanes of at least 4 members (excludes halogenated alkanes) is 4. The molecule has 0 aliphatic carbocycles. The fourth-order valence-corrected chi connectivity index (χ4v) is 1.94. The number of alkyl halides is 2. The van der Waals surface area contributed by atoms with E-state index in [0.29, 0.717) is 5.88 Å². The highest BCUT2D eigenvalue weighted by Gasteiger charge is 1.93. The molecule has 108 valence electrons. The first-order chi connectivity index (χ1) is 8.72. The highest BCUT2D eigenvalue weighted by molar-refractivity contribution is 6.21. The van der Waals surface area contributed by atoms with E-state index in [0.717, 1.165) is 6.42 Å². The second-order valence-corrected chi connectivity index (χ2v) is 5.17. The van der Waals surface area contributed by atoms with Gasteiger partial charge in [-0.15, -0.1) is 23.2 Å². The summed E-state index contributed by atoms with van der Waals surface area (Å²) in [5.74, 6) is 0.660. The van der Waals surface area contributed by atoms with E-state index >= 15 is 0 Å². The zero-order valence-electron chi connectivity index (χ0n) is 12.3. The van der Waals surface area contributed by atoms with Crippen LogP contribution in [-0.4, -0.2) is 11.3 Å². The van der Waals surface area contributed by atoms with Crippen molar-refractivity contribution in [2.75, 3.05) is 5.88 Å². The average molecular weight is 293 g/mol. The molecule has 0 fully saturated rings. The van der Waals surface area contributed by atoms with E-state index < -0.39 is 0 Å². The van der Waals surface area contributed by atoms with Crippen molar-refractivity contribution in [3.05, 3.63) is 24.3 Å². The molecule has 0 nitrogen and oxygen atoms in total. The standard InChI is InChI=1S/C9H17Cl.C7H13Cl/c1-2-3-4-5-6-7-8-9-10;1-3-5-7(8)6-4-2/h7-8H,2-6,9H2,1H3;3,5,7H,4,6H2,1-2H3/b8-7+;. The first-order valence-electron chi connectivity index (χ1n) is 7.20. The van der Waals surface area contributed by atoms with Gasteiger partial charge >= 0.3 is 0 Å². The first kappa shape index (κ1) is 20.4. The maximum absolute atomic E-state index is 5.79. The van der Waals surface area contributed by atoms with Crippen LogP contribution < -0.4 is 0 Å². The van der Waals surface area contributed by atoms with E-state index in [1.807, 2.05) is 25.2 Å². The summed E-state index contributed by atoms with van der Waals surface area (Å²) in [5.41, 5.74) is 0. The van der Waals surface area contributed by atoms with Crippen LogP contribution in [0.4, 0.5) is 0 Å². The molecule has 0 rings (SSSR count). The van der Waals surface area contributed by atoms with Crippen LogP contribution in [0.5, 0.6) is 0 Å².